The Labute approximate surface area is 156 Å². The van der Waals surface area contributed by atoms with Crippen molar-refractivity contribution in [3.63, 3.8) is 0 Å². The molecule has 2 aromatic carbocycles. The number of amides is 1. The number of hydrogen-bond acceptors (Lipinski definition) is 5. The second kappa shape index (κ2) is 6.82. The van der Waals surface area contributed by atoms with Gasteiger partial charge in [0.2, 0.25) is 5.91 Å². The number of fused-ring (bicyclic) bond motifs is 3. The van der Waals surface area contributed by atoms with Crippen molar-refractivity contribution < 1.29 is 17.6 Å². The van der Waals surface area contributed by atoms with Gasteiger partial charge in [-0.25, -0.2) is 12.8 Å². The molecule has 2 aliphatic heterocycles. The minimum Gasteiger partial charge on any atom is -0.364 e. The highest BCUT2D eigenvalue weighted by molar-refractivity contribution is 7.92. The Morgan fingerprint density at radius 2 is 1.93 bits per heavy atom. The molecule has 0 aromatic heterocycles. The fourth-order valence-corrected chi connectivity index (χ4v) is 4.50. The number of anilines is 3. The van der Waals surface area contributed by atoms with Gasteiger partial charge in [-0.15, -0.1) is 0 Å². The van der Waals surface area contributed by atoms with Crippen LogP contribution >= 0.6 is 0 Å². The smallest absolute Gasteiger partial charge is 0.261 e. The molecule has 142 valence electrons. The summed E-state index contributed by atoms with van der Waals surface area (Å²) in [4.78, 5) is 14.3. The van der Waals surface area contributed by atoms with E-state index in [1.54, 1.807) is 12.1 Å². The number of carbonyl (C=O) groups excluding carboxylic acids is 1. The molecule has 1 fully saturated rings. The lowest BCUT2D eigenvalue weighted by molar-refractivity contribution is -0.116. The van der Waals surface area contributed by atoms with Gasteiger partial charge < -0.3 is 15.5 Å². The third kappa shape index (κ3) is 3.60. The van der Waals surface area contributed by atoms with Gasteiger partial charge in [0, 0.05) is 26.1 Å². The Hall–Kier alpha value is -2.65. The van der Waals surface area contributed by atoms with Gasteiger partial charge in [0.05, 0.1) is 28.0 Å². The average Bonchev–Trinajstić information content (AvgIpc) is 2.76. The zero-order chi connectivity index (χ0) is 19.0. The normalized spacial score (nSPS) is 19.5. The van der Waals surface area contributed by atoms with Crippen LogP contribution in [-0.4, -0.2) is 40.0 Å². The van der Waals surface area contributed by atoms with E-state index in [9.17, 15) is 17.6 Å². The molecule has 1 unspecified atom stereocenters. The predicted molar refractivity (Wildman–Crippen MR) is 101 cm³/mol. The maximum absolute atomic E-state index is 13.0. The number of rotatable bonds is 3. The number of sulfonamides is 1. The molecule has 0 saturated carbocycles. The van der Waals surface area contributed by atoms with E-state index in [0.29, 0.717) is 17.8 Å². The standard InChI is InChI=1S/C18H19FN4O3S/c19-12-1-4-15(5-2-12)27(25,26)22-13-3-6-17-16(9-13)21-18(24)10-14-11-20-7-8-23(14)17/h1-6,9,14,20,22H,7-8,10-11H2,(H,21,24). The van der Waals surface area contributed by atoms with Crippen LogP contribution in [0.3, 0.4) is 0 Å². The number of carbonyl (C=O) groups is 1. The molecular weight excluding hydrogens is 371 g/mol. The number of benzene rings is 2. The molecule has 0 bridgehead atoms. The van der Waals surface area contributed by atoms with Gasteiger partial charge in [0.25, 0.3) is 10.0 Å². The largest absolute Gasteiger partial charge is 0.364 e. The summed E-state index contributed by atoms with van der Waals surface area (Å²) in [5, 5.41) is 6.15. The lowest BCUT2D eigenvalue weighted by atomic mass is 10.1. The molecular formula is C18H19FN4O3S. The van der Waals surface area contributed by atoms with Crippen LogP contribution in [0.2, 0.25) is 0 Å². The molecule has 1 amide bonds. The second-order valence-electron chi connectivity index (χ2n) is 6.59. The van der Waals surface area contributed by atoms with Crippen molar-refractivity contribution in [3.8, 4) is 0 Å². The summed E-state index contributed by atoms with van der Waals surface area (Å²) in [7, 11) is -3.86. The van der Waals surface area contributed by atoms with E-state index in [1.165, 1.54) is 12.1 Å². The van der Waals surface area contributed by atoms with Gasteiger partial charge in [0.1, 0.15) is 5.82 Å². The summed E-state index contributed by atoms with van der Waals surface area (Å²) in [5.74, 6) is -0.613. The molecule has 27 heavy (non-hydrogen) atoms. The number of nitrogens with one attached hydrogen (secondary N) is 3. The molecule has 1 atom stereocenters. The molecule has 0 spiro atoms. The van der Waals surface area contributed by atoms with E-state index in [-0.39, 0.29) is 16.8 Å². The Morgan fingerprint density at radius 3 is 2.70 bits per heavy atom. The van der Waals surface area contributed by atoms with Crippen molar-refractivity contribution in [2.75, 3.05) is 34.6 Å². The van der Waals surface area contributed by atoms with Crippen molar-refractivity contribution >= 4 is 33.0 Å². The van der Waals surface area contributed by atoms with Crippen molar-refractivity contribution in [2.45, 2.75) is 17.4 Å². The molecule has 2 aliphatic rings. The van der Waals surface area contributed by atoms with Crippen molar-refractivity contribution in [1.82, 2.24) is 5.32 Å². The van der Waals surface area contributed by atoms with Gasteiger partial charge >= 0.3 is 0 Å². The molecule has 4 rings (SSSR count). The summed E-state index contributed by atoms with van der Waals surface area (Å²) in [5.41, 5.74) is 1.77. The van der Waals surface area contributed by atoms with Crippen molar-refractivity contribution in [2.24, 2.45) is 0 Å². The summed E-state index contributed by atoms with van der Waals surface area (Å²) in [6.07, 6.45) is 0.373. The number of piperazine rings is 1. The first-order valence-corrected chi connectivity index (χ1v) is 10.1. The van der Waals surface area contributed by atoms with Crippen molar-refractivity contribution in [1.29, 1.82) is 0 Å². The van der Waals surface area contributed by atoms with Gasteiger partial charge in [0.15, 0.2) is 0 Å². The topological polar surface area (TPSA) is 90.5 Å². The Balaban J connectivity index is 1.64. The fraction of sp³-hybridized carbons (Fsp3) is 0.278. The third-order valence-corrected chi connectivity index (χ3v) is 6.12. The highest BCUT2D eigenvalue weighted by Gasteiger charge is 2.30. The summed E-state index contributed by atoms with van der Waals surface area (Å²) in [6.45, 7) is 2.32. The lowest BCUT2D eigenvalue weighted by Crippen LogP contribution is -2.51. The zero-order valence-corrected chi connectivity index (χ0v) is 15.2. The Bertz CT molecular complexity index is 979. The lowest BCUT2D eigenvalue weighted by Gasteiger charge is -2.36. The van der Waals surface area contributed by atoms with E-state index in [0.717, 1.165) is 37.5 Å². The molecule has 0 aliphatic carbocycles. The summed E-state index contributed by atoms with van der Waals surface area (Å²) in [6, 6.07) is 9.74. The Kier molecular flexibility index (Phi) is 4.48. The molecule has 9 heteroatoms. The van der Waals surface area contributed by atoms with E-state index in [1.807, 2.05) is 6.07 Å². The van der Waals surface area contributed by atoms with Crippen LogP contribution < -0.4 is 20.3 Å². The SMILES string of the molecule is O=C1CC2CNCCN2c2ccc(NS(=O)(=O)c3ccc(F)cc3)cc2N1. The van der Waals surface area contributed by atoms with E-state index in [2.05, 4.69) is 20.3 Å². The summed E-state index contributed by atoms with van der Waals surface area (Å²) >= 11 is 0. The van der Waals surface area contributed by atoms with E-state index in [4.69, 9.17) is 0 Å². The maximum Gasteiger partial charge on any atom is 0.261 e. The third-order valence-electron chi connectivity index (χ3n) is 4.73. The first-order valence-electron chi connectivity index (χ1n) is 8.62. The minimum atomic E-state index is -3.86. The zero-order valence-electron chi connectivity index (χ0n) is 14.4. The molecule has 0 radical (unpaired) electrons. The van der Waals surface area contributed by atoms with E-state index >= 15 is 0 Å². The van der Waals surface area contributed by atoms with Crippen LogP contribution in [0.1, 0.15) is 6.42 Å². The van der Waals surface area contributed by atoms with Gasteiger partial charge in [-0.3, -0.25) is 9.52 Å². The van der Waals surface area contributed by atoms with Crippen LogP contribution in [0.4, 0.5) is 21.5 Å². The highest BCUT2D eigenvalue weighted by Crippen LogP contribution is 2.34. The maximum atomic E-state index is 13.0. The fourth-order valence-electron chi connectivity index (χ4n) is 3.45. The molecule has 1 saturated heterocycles. The number of hydrogen-bond donors (Lipinski definition) is 3. The average molecular weight is 390 g/mol. The molecule has 2 aromatic rings. The van der Waals surface area contributed by atoms with Crippen LogP contribution in [0.25, 0.3) is 0 Å². The molecule has 2 heterocycles. The van der Waals surface area contributed by atoms with Crippen molar-refractivity contribution in [3.05, 3.63) is 48.3 Å². The summed E-state index contributed by atoms with van der Waals surface area (Å²) < 4.78 is 40.5. The quantitative estimate of drug-likeness (QED) is 0.743. The first kappa shape index (κ1) is 17.7. The number of halogens is 1. The van der Waals surface area contributed by atoms with Crippen LogP contribution in [0.15, 0.2) is 47.4 Å². The Morgan fingerprint density at radius 1 is 1.15 bits per heavy atom. The van der Waals surface area contributed by atoms with Gasteiger partial charge in [-0.05, 0) is 42.5 Å². The number of nitrogens with zero attached hydrogens (tertiary/aromatic N) is 1. The van der Waals surface area contributed by atoms with Crippen LogP contribution in [0, 0.1) is 5.82 Å². The second-order valence-corrected chi connectivity index (χ2v) is 8.28. The minimum absolute atomic E-state index is 0.0370. The molecule has 7 nitrogen and oxygen atoms in total. The van der Waals surface area contributed by atoms with Crippen LogP contribution in [0.5, 0.6) is 0 Å². The monoisotopic (exact) mass is 390 g/mol. The predicted octanol–water partition coefficient (Wildman–Crippen LogP) is 1.75. The molecule has 3 N–H and O–H groups in total. The first-order chi connectivity index (χ1) is 12.9. The highest BCUT2D eigenvalue weighted by atomic mass is 32.2. The van der Waals surface area contributed by atoms with Gasteiger partial charge in [-0.1, -0.05) is 0 Å². The van der Waals surface area contributed by atoms with Crippen LogP contribution in [-0.2, 0) is 14.8 Å². The van der Waals surface area contributed by atoms with Gasteiger partial charge in [-0.2, -0.15) is 0 Å². The van der Waals surface area contributed by atoms with E-state index < -0.39 is 15.8 Å².